The van der Waals surface area contributed by atoms with Crippen molar-refractivity contribution in [1.82, 2.24) is 0 Å². The van der Waals surface area contributed by atoms with Crippen molar-refractivity contribution in [2.75, 3.05) is 33.0 Å². The molecule has 2 fully saturated rings. The molecule has 0 aromatic rings. The van der Waals surface area contributed by atoms with Crippen molar-refractivity contribution >= 4 is 5.97 Å². The molecule has 2 heterocycles. The number of esters is 1. The van der Waals surface area contributed by atoms with E-state index in [1.165, 1.54) is 128 Å². The Hall–Kier alpha value is -1.53. The maximum absolute atomic E-state index is 13.0. The average molecular weight is 959 g/mol. The summed E-state index contributed by atoms with van der Waals surface area (Å²) in [4.78, 5) is 13.0. The van der Waals surface area contributed by atoms with Crippen LogP contribution in [0.5, 0.6) is 0 Å². The molecule has 2 aliphatic rings. The van der Waals surface area contributed by atoms with Crippen LogP contribution in [0.3, 0.4) is 0 Å². The van der Waals surface area contributed by atoms with Crippen LogP contribution in [0, 0.1) is 0 Å². The van der Waals surface area contributed by atoms with Crippen molar-refractivity contribution in [2.45, 2.75) is 274 Å². The van der Waals surface area contributed by atoms with Gasteiger partial charge in [0.15, 0.2) is 12.6 Å². The number of hydrogen-bond acceptors (Lipinski definition) is 14. The van der Waals surface area contributed by atoms with Crippen LogP contribution in [0.1, 0.15) is 206 Å². The van der Waals surface area contributed by atoms with Crippen LogP contribution in [-0.4, -0.2) is 142 Å². The van der Waals surface area contributed by atoms with Gasteiger partial charge in [0.2, 0.25) is 0 Å². The molecule has 11 unspecified atom stereocenters. The first-order valence-electron chi connectivity index (χ1n) is 26.9. The van der Waals surface area contributed by atoms with E-state index in [0.29, 0.717) is 13.0 Å². The number of aliphatic hydroxyl groups is 7. The summed E-state index contributed by atoms with van der Waals surface area (Å²) >= 11 is 0. The molecule has 0 saturated carbocycles. The second-order valence-corrected chi connectivity index (χ2v) is 19.1. The molecule has 7 N–H and O–H groups in total. The second-order valence-electron chi connectivity index (χ2n) is 19.1. The van der Waals surface area contributed by atoms with Gasteiger partial charge < -0.3 is 64.2 Å². The molecule has 14 nitrogen and oxygen atoms in total. The molecule has 0 radical (unpaired) electrons. The summed E-state index contributed by atoms with van der Waals surface area (Å²) in [6.45, 7) is 3.68. The average Bonchev–Trinajstić information content (AvgIpc) is 3.32. The third kappa shape index (κ3) is 28.8. The van der Waals surface area contributed by atoms with Crippen molar-refractivity contribution in [3.05, 3.63) is 24.3 Å². The van der Waals surface area contributed by atoms with E-state index in [9.17, 15) is 40.5 Å². The maximum Gasteiger partial charge on any atom is 0.306 e. The zero-order chi connectivity index (χ0) is 48.7. The predicted octanol–water partition coefficient (Wildman–Crippen LogP) is 8.41. The number of ether oxygens (including phenoxy) is 6. The van der Waals surface area contributed by atoms with Crippen molar-refractivity contribution < 1.29 is 69.0 Å². The SMILES string of the molecule is CCCCC/C=C\C/C=C\CCCCCCCCCCOCC(COC1OC(COC2OC(CO)C(O)C(O)C2O)C(O)C(O)C1O)OC(=O)CCCCCCCCCCCCCCCCC. The molecule has 14 heteroatoms. The maximum atomic E-state index is 13.0. The standard InChI is InChI=1S/C53H98O14/c1-3-5-7-9-11-13-15-17-19-20-21-23-25-27-29-31-33-35-37-62-39-42(65-45(55)36-34-32-30-28-26-24-22-18-16-14-12-10-8-6-4-2)40-63-52-51(61)49(59)47(57)44(67-52)41-64-53-50(60)48(58)46(56)43(38-54)66-53/h11,13,17,19,42-44,46-54,56-61H,3-10,12,14-16,18,20-41H2,1-2H3/b13-11-,19-17-. The summed E-state index contributed by atoms with van der Waals surface area (Å²) < 4.78 is 34.3. The summed E-state index contributed by atoms with van der Waals surface area (Å²) in [6.07, 6.45) is 28.0. The zero-order valence-electron chi connectivity index (χ0n) is 41.9. The Bertz CT molecular complexity index is 1200. The molecule has 0 spiro atoms. The molecule has 0 bridgehead atoms. The van der Waals surface area contributed by atoms with Gasteiger partial charge >= 0.3 is 5.97 Å². The molecule has 0 amide bonds. The first-order chi connectivity index (χ1) is 32.6. The van der Waals surface area contributed by atoms with Crippen molar-refractivity contribution in [3.8, 4) is 0 Å². The third-order valence-electron chi connectivity index (χ3n) is 13.0. The van der Waals surface area contributed by atoms with Gasteiger partial charge in [0.25, 0.3) is 0 Å². The fourth-order valence-electron chi connectivity index (χ4n) is 8.55. The molecule has 67 heavy (non-hydrogen) atoms. The van der Waals surface area contributed by atoms with E-state index in [1.807, 2.05) is 0 Å². The molecular formula is C53H98O14. The van der Waals surface area contributed by atoms with Crippen molar-refractivity contribution in [1.29, 1.82) is 0 Å². The molecule has 2 saturated heterocycles. The summed E-state index contributed by atoms with van der Waals surface area (Å²) in [5.74, 6) is -0.375. The number of carbonyl (C=O) groups excluding carboxylic acids is 1. The highest BCUT2D eigenvalue weighted by molar-refractivity contribution is 5.69. The van der Waals surface area contributed by atoms with Gasteiger partial charge in [-0.2, -0.15) is 0 Å². The smallest absolute Gasteiger partial charge is 0.306 e. The third-order valence-corrected chi connectivity index (χ3v) is 13.0. The van der Waals surface area contributed by atoms with Gasteiger partial charge in [0, 0.05) is 13.0 Å². The number of allylic oxidation sites excluding steroid dienone is 4. The van der Waals surface area contributed by atoms with E-state index >= 15 is 0 Å². The Kier molecular flexibility index (Phi) is 37.8. The lowest BCUT2D eigenvalue weighted by Crippen LogP contribution is -2.61. The molecular weight excluding hydrogens is 861 g/mol. The van der Waals surface area contributed by atoms with Crippen LogP contribution in [0.25, 0.3) is 0 Å². The van der Waals surface area contributed by atoms with Crippen LogP contribution < -0.4 is 0 Å². The molecule has 2 rings (SSSR count). The van der Waals surface area contributed by atoms with Crippen molar-refractivity contribution in [2.24, 2.45) is 0 Å². The summed E-state index contributed by atoms with van der Waals surface area (Å²) in [7, 11) is 0. The topological polar surface area (TPSA) is 214 Å². The number of unbranched alkanes of at least 4 members (excludes halogenated alkanes) is 25. The van der Waals surface area contributed by atoms with Gasteiger partial charge in [-0.15, -0.1) is 0 Å². The van der Waals surface area contributed by atoms with Crippen LogP contribution in [0.4, 0.5) is 0 Å². The first kappa shape index (κ1) is 61.6. The molecule has 0 aromatic carbocycles. The molecule has 0 aliphatic carbocycles. The van der Waals surface area contributed by atoms with E-state index in [0.717, 1.165) is 51.4 Å². The minimum absolute atomic E-state index is 0.0614. The molecule has 11 atom stereocenters. The van der Waals surface area contributed by atoms with Gasteiger partial charge in [-0.1, -0.05) is 179 Å². The Morgan fingerprint density at radius 2 is 0.925 bits per heavy atom. The van der Waals surface area contributed by atoms with E-state index < -0.39 is 80.7 Å². The van der Waals surface area contributed by atoms with Gasteiger partial charge in [-0.05, 0) is 44.9 Å². The Morgan fingerprint density at radius 1 is 0.493 bits per heavy atom. The minimum Gasteiger partial charge on any atom is -0.457 e. The summed E-state index contributed by atoms with van der Waals surface area (Å²) in [5, 5.41) is 72.2. The second kappa shape index (κ2) is 41.1. The summed E-state index contributed by atoms with van der Waals surface area (Å²) in [5.41, 5.74) is 0. The Morgan fingerprint density at radius 3 is 1.46 bits per heavy atom. The van der Waals surface area contributed by atoms with Gasteiger partial charge in [0.05, 0.1) is 26.4 Å². The van der Waals surface area contributed by atoms with Crippen LogP contribution >= 0.6 is 0 Å². The molecule has 394 valence electrons. The van der Waals surface area contributed by atoms with Crippen LogP contribution in [0.15, 0.2) is 24.3 Å². The van der Waals surface area contributed by atoms with Crippen LogP contribution in [0.2, 0.25) is 0 Å². The highest BCUT2D eigenvalue weighted by Crippen LogP contribution is 2.26. The predicted molar refractivity (Wildman–Crippen MR) is 261 cm³/mol. The van der Waals surface area contributed by atoms with Crippen LogP contribution in [-0.2, 0) is 33.2 Å². The molecule has 2 aliphatic heterocycles. The largest absolute Gasteiger partial charge is 0.457 e. The monoisotopic (exact) mass is 959 g/mol. The van der Waals surface area contributed by atoms with E-state index in [2.05, 4.69) is 38.2 Å². The van der Waals surface area contributed by atoms with E-state index in [-0.39, 0.29) is 25.6 Å². The van der Waals surface area contributed by atoms with Gasteiger partial charge in [-0.3, -0.25) is 4.79 Å². The lowest BCUT2D eigenvalue weighted by Gasteiger charge is -2.42. The quantitative estimate of drug-likeness (QED) is 0.0174. The lowest BCUT2D eigenvalue weighted by molar-refractivity contribution is -0.332. The zero-order valence-corrected chi connectivity index (χ0v) is 41.9. The highest BCUT2D eigenvalue weighted by atomic mass is 16.7. The lowest BCUT2D eigenvalue weighted by atomic mass is 9.98. The Labute approximate surface area is 405 Å². The van der Waals surface area contributed by atoms with Crippen molar-refractivity contribution in [3.63, 3.8) is 0 Å². The highest BCUT2D eigenvalue weighted by Gasteiger charge is 2.47. The fourth-order valence-corrected chi connectivity index (χ4v) is 8.55. The normalized spacial score (nSPS) is 26.2. The van der Waals surface area contributed by atoms with Gasteiger partial charge in [0.1, 0.15) is 54.9 Å². The number of rotatable bonds is 43. The molecule has 0 aromatic heterocycles. The first-order valence-corrected chi connectivity index (χ1v) is 26.9. The van der Waals surface area contributed by atoms with E-state index in [4.69, 9.17) is 28.4 Å². The van der Waals surface area contributed by atoms with Gasteiger partial charge in [-0.25, -0.2) is 0 Å². The minimum atomic E-state index is -1.70. The number of aliphatic hydroxyl groups excluding tert-OH is 7. The Balaban J connectivity index is 1.75. The number of carbonyl (C=O) groups is 1. The summed E-state index contributed by atoms with van der Waals surface area (Å²) in [6, 6.07) is 0. The fraction of sp³-hybridized carbons (Fsp3) is 0.906. The van der Waals surface area contributed by atoms with E-state index in [1.54, 1.807) is 0 Å². The number of hydrogen-bond donors (Lipinski definition) is 7.